The molecule has 3 rings (SSSR count). The summed E-state index contributed by atoms with van der Waals surface area (Å²) in [6.07, 6.45) is 1.55. The number of hydrogen-bond donors (Lipinski definition) is 1. The summed E-state index contributed by atoms with van der Waals surface area (Å²) in [6.45, 7) is 0. The predicted octanol–water partition coefficient (Wildman–Crippen LogP) is 1.83. The molecule has 0 aliphatic carbocycles. The van der Waals surface area contributed by atoms with E-state index in [2.05, 4.69) is 37.8 Å². The average molecular weight is 400 g/mol. The van der Waals surface area contributed by atoms with Crippen molar-refractivity contribution < 1.29 is 9.59 Å². The van der Waals surface area contributed by atoms with E-state index >= 15 is 0 Å². The number of aromatic nitrogens is 3. The molecule has 8 heteroatoms. The van der Waals surface area contributed by atoms with Crippen LogP contribution in [0, 0.1) is 3.57 Å². The maximum absolute atomic E-state index is 12.3. The lowest BCUT2D eigenvalue weighted by Gasteiger charge is -2.14. The van der Waals surface area contributed by atoms with Gasteiger partial charge in [0.2, 0.25) is 11.8 Å². The quantitative estimate of drug-likeness (QED) is 0.629. The van der Waals surface area contributed by atoms with Gasteiger partial charge in [0.25, 0.3) is 0 Å². The molecule has 0 spiro atoms. The van der Waals surface area contributed by atoms with Crippen molar-refractivity contribution in [1.82, 2.24) is 15.2 Å². The van der Waals surface area contributed by atoms with Crippen LogP contribution in [0.2, 0.25) is 0 Å². The van der Waals surface area contributed by atoms with Gasteiger partial charge in [0.1, 0.15) is 11.6 Å². The third kappa shape index (κ3) is 2.57. The Morgan fingerprint density at radius 2 is 2.05 bits per heavy atom. The number of halogens is 1. The van der Waals surface area contributed by atoms with E-state index in [1.54, 1.807) is 12.1 Å². The fourth-order valence-corrected chi connectivity index (χ4v) is 3.22. The monoisotopic (exact) mass is 400 g/mol. The molecule has 20 heavy (non-hydrogen) atoms. The standard InChI is InChI=1S/C12H9IN4O2S/c13-7-1-3-8(4-2-7)17-10(18)5-9(11(17)19)20-12-14-6-15-16-12/h1-4,6,9H,5H2,(H,14,15,16)/t9-/m0/s1. The zero-order valence-electron chi connectivity index (χ0n) is 10.1. The van der Waals surface area contributed by atoms with Gasteiger partial charge in [0, 0.05) is 9.99 Å². The Balaban J connectivity index is 1.81. The maximum atomic E-state index is 12.3. The first kappa shape index (κ1) is 13.6. The zero-order chi connectivity index (χ0) is 14.1. The molecule has 1 atom stereocenters. The fraction of sp³-hybridized carbons (Fsp3) is 0.167. The van der Waals surface area contributed by atoms with Crippen LogP contribution in [0.15, 0.2) is 35.7 Å². The van der Waals surface area contributed by atoms with Crippen LogP contribution in [-0.4, -0.2) is 32.2 Å². The maximum Gasteiger partial charge on any atom is 0.247 e. The van der Waals surface area contributed by atoms with E-state index in [9.17, 15) is 9.59 Å². The fourth-order valence-electron chi connectivity index (χ4n) is 1.94. The molecule has 2 aromatic rings. The van der Waals surface area contributed by atoms with Crippen LogP contribution in [0.3, 0.4) is 0 Å². The first-order chi connectivity index (χ1) is 9.65. The highest BCUT2D eigenvalue weighted by Gasteiger charge is 2.40. The highest BCUT2D eigenvalue weighted by atomic mass is 127. The summed E-state index contributed by atoms with van der Waals surface area (Å²) in [6, 6.07) is 7.29. The van der Waals surface area contributed by atoms with E-state index in [4.69, 9.17) is 0 Å². The van der Waals surface area contributed by atoms with Gasteiger partial charge in [0.05, 0.1) is 5.69 Å². The SMILES string of the molecule is O=C1C[C@H](Sc2ncn[nH]2)C(=O)N1c1ccc(I)cc1. The Hall–Kier alpha value is -1.42. The van der Waals surface area contributed by atoms with Crippen molar-refractivity contribution in [1.29, 1.82) is 0 Å². The number of carbonyl (C=O) groups is 2. The number of aromatic amines is 1. The number of H-pyrrole nitrogens is 1. The van der Waals surface area contributed by atoms with Crippen LogP contribution in [0.25, 0.3) is 0 Å². The van der Waals surface area contributed by atoms with Gasteiger partial charge in [-0.15, -0.1) is 0 Å². The third-order valence-electron chi connectivity index (χ3n) is 2.84. The van der Waals surface area contributed by atoms with Crippen LogP contribution in [0.4, 0.5) is 5.69 Å². The number of imide groups is 1. The number of amides is 2. The summed E-state index contributed by atoms with van der Waals surface area (Å²) in [7, 11) is 0. The Kier molecular flexibility index (Phi) is 3.74. The molecule has 102 valence electrons. The molecular formula is C12H9IN4O2S. The number of hydrogen-bond acceptors (Lipinski definition) is 5. The van der Waals surface area contributed by atoms with Gasteiger partial charge in [-0.1, -0.05) is 11.8 Å². The van der Waals surface area contributed by atoms with Crippen molar-refractivity contribution in [2.45, 2.75) is 16.8 Å². The highest BCUT2D eigenvalue weighted by molar-refractivity contribution is 14.1. The minimum absolute atomic E-state index is 0.177. The van der Waals surface area contributed by atoms with Crippen molar-refractivity contribution in [3.63, 3.8) is 0 Å². The summed E-state index contributed by atoms with van der Waals surface area (Å²) >= 11 is 3.41. The second-order valence-corrected chi connectivity index (χ2v) is 6.58. The number of carbonyl (C=O) groups excluding carboxylic acids is 2. The smallest absolute Gasteiger partial charge is 0.247 e. The molecule has 1 saturated heterocycles. The van der Waals surface area contributed by atoms with Crippen LogP contribution < -0.4 is 4.90 Å². The van der Waals surface area contributed by atoms with Crippen LogP contribution in [0.1, 0.15) is 6.42 Å². The van der Waals surface area contributed by atoms with Crippen LogP contribution in [-0.2, 0) is 9.59 Å². The molecule has 0 unspecified atom stereocenters. The van der Waals surface area contributed by atoms with Gasteiger partial charge < -0.3 is 0 Å². The Morgan fingerprint density at radius 1 is 1.30 bits per heavy atom. The lowest BCUT2D eigenvalue weighted by atomic mass is 10.3. The minimum Gasteiger partial charge on any atom is -0.274 e. The molecule has 6 nitrogen and oxygen atoms in total. The van der Waals surface area contributed by atoms with Gasteiger partial charge in [-0.3, -0.25) is 14.7 Å². The molecule has 1 fully saturated rings. The Morgan fingerprint density at radius 3 is 2.70 bits per heavy atom. The number of thioether (sulfide) groups is 1. The molecule has 0 saturated carbocycles. The Labute approximate surface area is 132 Å². The molecule has 1 aliphatic heterocycles. The second-order valence-electron chi connectivity index (χ2n) is 4.15. The molecule has 1 aliphatic rings. The minimum atomic E-state index is -0.449. The van der Waals surface area contributed by atoms with Crippen molar-refractivity contribution >= 4 is 51.9 Å². The third-order valence-corrected chi connectivity index (χ3v) is 4.63. The predicted molar refractivity (Wildman–Crippen MR) is 82.3 cm³/mol. The molecule has 0 radical (unpaired) electrons. The number of rotatable bonds is 3. The number of nitrogens with zero attached hydrogens (tertiary/aromatic N) is 3. The first-order valence-electron chi connectivity index (χ1n) is 5.79. The van der Waals surface area contributed by atoms with Crippen LogP contribution in [0.5, 0.6) is 0 Å². The van der Waals surface area contributed by atoms with Gasteiger partial charge in [-0.2, -0.15) is 5.10 Å². The lowest BCUT2D eigenvalue weighted by molar-refractivity contribution is -0.121. The molecule has 2 heterocycles. The summed E-state index contributed by atoms with van der Waals surface area (Å²) in [5.74, 6) is -0.397. The molecule has 1 aromatic carbocycles. The largest absolute Gasteiger partial charge is 0.274 e. The second kappa shape index (κ2) is 5.52. The molecule has 2 amide bonds. The summed E-state index contributed by atoms with van der Waals surface area (Å²) in [5, 5.41) is 6.50. The number of nitrogens with one attached hydrogen (secondary N) is 1. The van der Waals surface area contributed by atoms with E-state index < -0.39 is 5.25 Å². The van der Waals surface area contributed by atoms with E-state index in [0.29, 0.717) is 10.8 Å². The van der Waals surface area contributed by atoms with E-state index in [1.165, 1.54) is 23.0 Å². The van der Waals surface area contributed by atoms with Crippen molar-refractivity contribution in [3.05, 3.63) is 34.2 Å². The Bertz CT molecular complexity index is 644. The van der Waals surface area contributed by atoms with Crippen molar-refractivity contribution in [2.75, 3.05) is 4.90 Å². The van der Waals surface area contributed by atoms with Gasteiger partial charge >= 0.3 is 0 Å². The van der Waals surface area contributed by atoms with Crippen LogP contribution >= 0.6 is 34.4 Å². The van der Waals surface area contributed by atoms with Gasteiger partial charge in [-0.05, 0) is 46.9 Å². The average Bonchev–Trinajstić information content (AvgIpc) is 3.02. The van der Waals surface area contributed by atoms with E-state index in [1.807, 2.05) is 12.1 Å². The first-order valence-corrected chi connectivity index (χ1v) is 7.75. The summed E-state index contributed by atoms with van der Waals surface area (Å²) < 4.78 is 1.05. The highest BCUT2D eigenvalue weighted by Crippen LogP contribution is 2.32. The summed E-state index contributed by atoms with van der Waals surface area (Å²) in [4.78, 5) is 29.6. The zero-order valence-corrected chi connectivity index (χ0v) is 13.1. The van der Waals surface area contributed by atoms with Gasteiger partial charge in [0.15, 0.2) is 5.16 Å². The molecule has 1 aromatic heterocycles. The van der Waals surface area contributed by atoms with E-state index in [0.717, 1.165) is 3.57 Å². The number of anilines is 1. The summed E-state index contributed by atoms with van der Waals surface area (Å²) in [5.41, 5.74) is 0.612. The lowest BCUT2D eigenvalue weighted by Crippen LogP contribution is -2.31. The van der Waals surface area contributed by atoms with E-state index in [-0.39, 0.29) is 18.2 Å². The number of benzene rings is 1. The topological polar surface area (TPSA) is 79.0 Å². The molecule has 1 N–H and O–H groups in total. The van der Waals surface area contributed by atoms with Gasteiger partial charge in [-0.25, -0.2) is 9.88 Å². The van der Waals surface area contributed by atoms with Crippen molar-refractivity contribution in [3.8, 4) is 0 Å². The normalized spacial score (nSPS) is 18.9. The molecule has 0 bridgehead atoms. The molecular weight excluding hydrogens is 391 g/mol. The van der Waals surface area contributed by atoms with Crippen molar-refractivity contribution in [2.24, 2.45) is 0 Å².